The van der Waals surface area contributed by atoms with Crippen molar-refractivity contribution in [3.63, 3.8) is 0 Å². The highest BCUT2D eigenvalue weighted by molar-refractivity contribution is 7.97. The fourth-order valence-electron chi connectivity index (χ4n) is 2.44. The first kappa shape index (κ1) is 24.8. The van der Waals surface area contributed by atoms with Crippen LogP contribution in [0.2, 0.25) is 0 Å². The summed E-state index contributed by atoms with van der Waals surface area (Å²) in [5.41, 5.74) is -0.654. The van der Waals surface area contributed by atoms with Gasteiger partial charge in [0.2, 0.25) is 0 Å². The maximum Gasteiger partial charge on any atom is 0.416 e. The maximum absolute atomic E-state index is 12.8. The second-order valence-electron chi connectivity index (χ2n) is 5.19. The molecule has 0 aliphatic carbocycles. The molecule has 1 heterocycles. The molecule has 1 unspecified atom stereocenters. The number of halogens is 3. The second kappa shape index (κ2) is 13.0. The van der Waals surface area contributed by atoms with Crippen LogP contribution in [0.3, 0.4) is 0 Å². The summed E-state index contributed by atoms with van der Waals surface area (Å²) in [4.78, 5) is 12.0. The first-order chi connectivity index (χ1) is 12.4. The van der Waals surface area contributed by atoms with Crippen molar-refractivity contribution in [1.29, 1.82) is 0 Å². The molecule has 1 aliphatic heterocycles. The van der Waals surface area contributed by atoms with Crippen molar-refractivity contribution in [3.05, 3.63) is 29.8 Å². The van der Waals surface area contributed by atoms with E-state index in [-0.39, 0.29) is 18.4 Å². The molecule has 0 saturated carbocycles. The zero-order valence-electron chi connectivity index (χ0n) is 16.2. The first-order valence-electron chi connectivity index (χ1n) is 9.09. The van der Waals surface area contributed by atoms with Crippen molar-refractivity contribution in [2.75, 3.05) is 13.7 Å². The number of hydrogen-bond acceptors (Lipinski definition) is 4. The topological polar surface area (TPSA) is 29.5 Å². The number of methoxy groups -OCH3 is 1. The molecule has 1 saturated heterocycles. The van der Waals surface area contributed by atoms with Gasteiger partial charge in [-0.3, -0.25) is 4.79 Å². The number of carbonyl (C=O) groups is 1. The van der Waals surface area contributed by atoms with E-state index in [1.807, 2.05) is 32.0 Å². The Morgan fingerprint density at radius 3 is 2.46 bits per heavy atom. The average molecular weight is 394 g/mol. The molecule has 1 atom stereocenters. The summed E-state index contributed by atoms with van der Waals surface area (Å²) in [6.45, 7) is 8.75. The first-order valence-corrected chi connectivity index (χ1v) is 9.86. The maximum atomic E-state index is 12.8. The Balaban J connectivity index is 0.00000146. The third-order valence-electron chi connectivity index (χ3n) is 3.59. The van der Waals surface area contributed by atoms with Gasteiger partial charge in [0.25, 0.3) is 0 Å². The number of rotatable bonds is 4. The van der Waals surface area contributed by atoms with Crippen molar-refractivity contribution >= 4 is 17.9 Å². The summed E-state index contributed by atoms with van der Waals surface area (Å²) in [5.74, 6) is -0.290. The number of nitrogens with zero attached hydrogens (tertiary/aromatic N) is 1. The van der Waals surface area contributed by atoms with Gasteiger partial charge < -0.3 is 4.74 Å². The number of benzene rings is 1. The summed E-state index contributed by atoms with van der Waals surface area (Å²) >= 11 is 1.28. The third kappa shape index (κ3) is 8.45. The molecule has 150 valence electrons. The normalized spacial score (nSPS) is 17.3. The van der Waals surface area contributed by atoms with Gasteiger partial charge >= 0.3 is 12.1 Å². The minimum atomic E-state index is -4.34. The summed E-state index contributed by atoms with van der Waals surface area (Å²) in [6.07, 6.45) is -1.24. The zero-order valence-corrected chi connectivity index (χ0v) is 17.0. The Labute approximate surface area is 159 Å². The summed E-state index contributed by atoms with van der Waals surface area (Å²) in [5, 5.41) is 0. The molecule has 0 bridgehead atoms. The van der Waals surface area contributed by atoms with Gasteiger partial charge in [0, 0.05) is 17.5 Å². The van der Waals surface area contributed by atoms with E-state index in [4.69, 9.17) is 4.74 Å². The molecule has 2 rings (SSSR count). The second-order valence-corrected chi connectivity index (χ2v) is 6.31. The Hall–Kier alpha value is -1.21. The monoisotopic (exact) mass is 393 g/mol. The highest BCUT2D eigenvalue weighted by atomic mass is 32.2. The Bertz CT molecular complexity index is 524. The molecule has 26 heavy (non-hydrogen) atoms. The lowest BCUT2D eigenvalue weighted by Crippen LogP contribution is -2.36. The van der Waals surface area contributed by atoms with E-state index in [9.17, 15) is 18.0 Å². The highest BCUT2D eigenvalue weighted by Crippen LogP contribution is 2.35. The van der Waals surface area contributed by atoms with Crippen molar-refractivity contribution < 1.29 is 22.7 Å². The SMILES string of the molecule is CC.CC.COC(=O)CC1CCCCN1Sc1cccc(C(F)(F)F)c1. The van der Waals surface area contributed by atoms with Gasteiger partial charge in [-0.05, 0) is 43.0 Å². The Morgan fingerprint density at radius 2 is 1.88 bits per heavy atom. The van der Waals surface area contributed by atoms with Gasteiger partial charge in [0.1, 0.15) is 0 Å². The largest absolute Gasteiger partial charge is 0.469 e. The molecular formula is C19H30F3NO2S. The molecule has 0 spiro atoms. The Morgan fingerprint density at radius 1 is 1.23 bits per heavy atom. The van der Waals surface area contributed by atoms with Crippen LogP contribution in [0.5, 0.6) is 0 Å². The van der Waals surface area contributed by atoms with E-state index >= 15 is 0 Å². The van der Waals surface area contributed by atoms with Crippen molar-refractivity contribution in [2.45, 2.75) is 70.5 Å². The molecule has 1 aromatic carbocycles. The van der Waals surface area contributed by atoms with Crippen LogP contribution in [0.1, 0.15) is 58.9 Å². The van der Waals surface area contributed by atoms with Gasteiger partial charge in [-0.2, -0.15) is 13.2 Å². The third-order valence-corrected chi connectivity index (χ3v) is 4.77. The van der Waals surface area contributed by atoms with Crippen LogP contribution in [0, 0.1) is 0 Å². The average Bonchev–Trinajstić information content (AvgIpc) is 2.66. The molecule has 0 N–H and O–H groups in total. The van der Waals surface area contributed by atoms with Crippen LogP contribution in [-0.4, -0.2) is 30.0 Å². The smallest absolute Gasteiger partial charge is 0.416 e. The molecule has 0 aromatic heterocycles. The standard InChI is InChI=1S/C15H18F3NO2S.2C2H6/c1-21-14(20)10-12-6-2-3-8-19(12)22-13-7-4-5-11(9-13)15(16,17)18;2*1-2/h4-5,7,9,12H,2-3,6,8,10H2,1H3;2*1-2H3. The molecular weight excluding hydrogens is 363 g/mol. The number of piperidine rings is 1. The van der Waals surface area contributed by atoms with E-state index in [0.717, 1.165) is 37.9 Å². The fourth-order valence-corrected chi connectivity index (χ4v) is 3.58. The molecule has 1 aromatic rings. The van der Waals surface area contributed by atoms with Crippen LogP contribution >= 0.6 is 11.9 Å². The number of carbonyl (C=O) groups excluding carboxylic acids is 1. The minimum absolute atomic E-state index is 0.000688. The summed E-state index contributed by atoms with van der Waals surface area (Å²) < 4.78 is 45.0. The molecule has 7 heteroatoms. The molecule has 1 fully saturated rings. The van der Waals surface area contributed by atoms with E-state index < -0.39 is 11.7 Å². The molecule has 0 radical (unpaired) electrons. The zero-order chi connectivity index (χ0) is 20.2. The summed E-state index contributed by atoms with van der Waals surface area (Å²) in [6, 6.07) is 5.27. The lowest BCUT2D eigenvalue weighted by Gasteiger charge is -2.33. The van der Waals surface area contributed by atoms with Gasteiger partial charge in [0.15, 0.2) is 0 Å². The number of hydrogen-bond donors (Lipinski definition) is 0. The molecule has 0 amide bonds. The number of esters is 1. The van der Waals surface area contributed by atoms with Gasteiger partial charge in [-0.25, -0.2) is 4.31 Å². The van der Waals surface area contributed by atoms with E-state index in [1.54, 1.807) is 6.07 Å². The lowest BCUT2D eigenvalue weighted by atomic mass is 10.0. The number of alkyl halides is 3. The van der Waals surface area contributed by atoms with Crippen LogP contribution in [0.15, 0.2) is 29.2 Å². The summed E-state index contributed by atoms with van der Waals surface area (Å²) in [7, 11) is 1.34. The Kier molecular flexibility index (Phi) is 12.4. The fraction of sp³-hybridized carbons (Fsp3) is 0.632. The van der Waals surface area contributed by atoms with Crippen molar-refractivity contribution in [3.8, 4) is 0 Å². The van der Waals surface area contributed by atoms with E-state index in [2.05, 4.69) is 0 Å². The van der Waals surface area contributed by atoms with Gasteiger partial charge in [-0.1, -0.05) is 40.2 Å². The van der Waals surface area contributed by atoms with Crippen LogP contribution in [0.4, 0.5) is 13.2 Å². The molecule has 1 aliphatic rings. The predicted octanol–water partition coefficient (Wildman–Crippen LogP) is 6.18. The van der Waals surface area contributed by atoms with Gasteiger partial charge in [0.05, 0.1) is 19.1 Å². The minimum Gasteiger partial charge on any atom is -0.469 e. The number of ether oxygens (including phenoxy) is 1. The van der Waals surface area contributed by atoms with Crippen LogP contribution in [-0.2, 0) is 15.7 Å². The van der Waals surface area contributed by atoms with Gasteiger partial charge in [-0.15, -0.1) is 0 Å². The quantitative estimate of drug-likeness (QED) is 0.451. The molecule has 3 nitrogen and oxygen atoms in total. The van der Waals surface area contributed by atoms with Crippen molar-refractivity contribution in [2.24, 2.45) is 0 Å². The van der Waals surface area contributed by atoms with E-state index in [0.29, 0.717) is 4.90 Å². The van der Waals surface area contributed by atoms with Crippen LogP contribution < -0.4 is 0 Å². The lowest BCUT2D eigenvalue weighted by molar-refractivity contribution is -0.141. The highest BCUT2D eigenvalue weighted by Gasteiger charge is 2.31. The van der Waals surface area contributed by atoms with Crippen molar-refractivity contribution in [1.82, 2.24) is 4.31 Å². The van der Waals surface area contributed by atoms with E-state index in [1.165, 1.54) is 25.1 Å². The van der Waals surface area contributed by atoms with Crippen LogP contribution in [0.25, 0.3) is 0 Å². The predicted molar refractivity (Wildman–Crippen MR) is 101 cm³/mol.